The Balaban J connectivity index is 1.17. The number of aliphatic hydroxyl groups is 5. The van der Waals surface area contributed by atoms with Gasteiger partial charge in [-0.1, -0.05) is 47.1 Å². The summed E-state index contributed by atoms with van der Waals surface area (Å²) < 4.78 is 28.4. The van der Waals surface area contributed by atoms with Gasteiger partial charge in [0.25, 0.3) is 0 Å². The Bertz CT molecular complexity index is 1750. The quantitative estimate of drug-likeness (QED) is 0.144. The maximum atomic E-state index is 14.9. The van der Waals surface area contributed by atoms with Crippen molar-refractivity contribution in [2.75, 3.05) is 7.11 Å². The Morgan fingerprint density at radius 1 is 0.729 bits per heavy atom. The number of hydrogen-bond donors (Lipinski definition) is 7. The van der Waals surface area contributed by atoms with Gasteiger partial charge in [0, 0.05) is 5.92 Å². The van der Waals surface area contributed by atoms with Crippen molar-refractivity contribution >= 4 is 23.7 Å². The maximum Gasteiger partial charge on any atom is 0.337 e. The van der Waals surface area contributed by atoms with Crippen molar-refractivity contribution in [3.63, 3.8) is 0 Å². The molecule has 2 heterocycles. The van der Waals surface area contributed by atoms with Crippen molar-refractivity contribution < 1.29 is 78.6 Å². The molecule has 0 unspecified atom stereocenters. The second-order valence-electron chi connectivity index (χ2n) is 20.8. The van der Waals surface area contributed by atoms with Crippen LogP contribution in [0, 0.1) is 50.2 Å². The Labute approximate surface area is 344 Å². The van der Waals surface area contributed by atoms with Crippen molar-refractivity contribution in [1.29, 1.82) is 0 Å². The van der Waals surface area contributed by atoms with Gasteiger partial charge in [-0.2, -0.15) is 0 Å². The minimum Gasteiger partial charge on any atom is -0.481 e. The molecule has 0 aromatic heterocycles. The number of aliphatic hydroxyl groups excluding tert-OH is 5. The van der Waals surface area contributed by atoms with E-state index in [-0.39, 0.29) is 34.4 Å². The van der Waals surface area contributed by atoms with E-state index in [0.29, 0.717) is 25.7 Å². The molecule has 4 saturated carbocycles. The highest BCUT2D eigenvalue weighted by Gasteiger charge is 2.71. The number of ketones is 1. The summed E-state index contributed by atoms with van der Waals surface area (Å²) in [6, 6.07) is 0. The second kappa shape index (κ2) is 14.8. The number of carbonyl (C=O) groups is 4. The summed E-state index contributed by atoms with van der Waals surface area (Å²) in [4.78, 5) is 52.0. The number of carboxylic acids is 2. The van der Waals surface area contributed by atoms with Gasteiger partial charge in [0.05, 0.1) is 18.6 Å². The summed E-state index contributed by atoms with van der Waals surface area (Å²) in [5, 5.41) is 74.1. The third-order valence-electron chi connectivity index (χ3n) is 17.4. The SMILES string of the molecule is COC(=O)[C@H]1O[C@@H](O[C@H]2[C@H](O[C@H]3CC[C@]4(C)[C@H]5C(=O)C=C6[C@@H]7C[C@@](C)(C(=O)O)CC[C@]7(C)CC[C@@]6(C)[C@]5(C)CC[C@H]4C3(C)C)O[C@H](C(=O)O)[C@@H](O)[C@@H]2O)[C@H](O)[C@@H](O)[C@@H]1O. The summed E-state index contributed by atoms with van der Waals surface area (Å²) in [5.74, 6) is -3.82. The molecule has 0 spiro atoms. The highest BCUT2D eigenvalue weighted by atomic mass is 16.8. The molecular weight excluding hydrogens is 772 g/mol. The van der Waals surface area contributed by atoms with E-state index in [2.05, 4.69) is 32.4 Å². The van der Waals surface area contributed by atoms with Crippen LogP contribution in [0.4, 0.5) is 0 Å². The number of esters is 1. The number of hydrogen-bond acceptors (Lipinski definition) is 14. The first-order valence-corrected chi connectivity index (χ1v) is 21.1. The summed E-state index contributed by atoms with van der Waals surface area (Å²) in [6.07, 6.45) is -11.4. The topological polar surface area (TPSA) is 256 Å². The van der Waals surface area contributed by atoms with E-state index in [4.69, 9.17) is 18.9 Å². The van der Waals surface area contributed by atoms with E-state index < -0.39 is 107 Å². The van der Waals surface area contributed by atoms with E-state index in [0.717, 1.165) is 44.8 Å². The van der Waals surface area contributed by atoms with E-state index in [1.54, 1.807) is 0 Å². The molecule has 5 aliphatic carbocycles. The van der Waals surface area contributed by atoms with Gasteiger partial charge in [-0.25, -0.2) is 9.59 Å². The lowest BCUT2D eigenvalue weighted by Crippen LogP contribution is -2.68. The fraction of sp³-hybridized carbons (Fsp3) is 0.860. The minimum atomic E-state index is -2.02. The monoisotopic (exact) mass is 836 g/mol. The Hall–Kier alpha value is -2.54. The molecule has 2 aliphatic heterocycles. The van der Waals surface area contributed by atoms with Gasteiger partial charge in [-0.05, 0) is 110 Å². The van der Waals surface area contributed by atoms with Crippen LogP contribution in [0.1, 0.15) is 106 Å². The Kier molecular flexibility index (Phi) is 11.2. The first-order valence-electron chi connectivity index (χ1n) is 21.1. The smallest absolute Gasteiger partial charge is 0.337 e. The van der Waals surface area contributed by atoms with Crippen LogP contribution in [0.25, 0.3) is 0 Å². The average molecular weight is 837 g/mol. The zero-order valence-corrected chi connectivity index (χ0v) is 35.3. The fourth-order valence-corrected chi connectivity index (χ4v) is 13.5. The lowest BCUT2D eigenvalue weighted by Gasteiger charge is -2.70. The van der Waals surface area contributed by atoms with Gasteiger partial charge >= 0.3 is 17.9 Å². The normalized spacial score (nSPS) is 51.8. The van der Waals surface area contributed by atoms with Gasteiger partial charge in [0.1, 0.15) is 36.6 Å². The van der Waals surface area contributed by atoms with E-state index in [1.807, 2.05) is 26.8 Å². The van der Waals surface area contributed by atoms with Crippen LogP contribution >= 0.6 is 0 Å². The number of carbonyl (C=O) groups excluding carboxylic acids is 2. The lowest BCUT2D eigenvalue weighted by atomic mass is 9.33. The molecule has 7 N–H and O–H groups in total. The molecule has 2 saturated heterocycles. The number of fused-ring (bicyclic) bond motifs is 7. The largest absolute Gasteiger partial charge is 0.481 e. The molecule has 0 radical (unpaired) electrons. The molecule has 0 aromatic carbocycles. The molecule has 7 rings (SSSR count). The molecule has 59 heavy (non-hydrogen) atoms. The van der Waals surface area contributed by atoms with Crippen LogP contribution in [-0.2, 0) is 42.9 Å². The summed E-state index contributed by atoms with van der Waals surface area (Å²) in [7, 11) is 1.03. The third kappa shape index (κ3) is 6.56. The van der Waals surface area contributed by atoms with Crippen LogP contribution in [0.2, 0.25) is 0 Å². The van der Waals surface area contributed by atoms with E-state index >= 15 is 0 Å². The molecule has 16 heteroatoms. The van der Waals surface area contributed by atoms with Crippen LogP contribution < -0.4 is 0 Å². The zero-order valence-electron chi connectivity index (χ0n) is 35.3. The lowest BCUT2D eigenvalue weighted by molar-refractivity contribution is -0.371. The van der Waals surface area contributed by atoms with E-state index in [1.165, 1.54) is 0 Å². The molecule has 19 atom stereocenters. The molecule has 0 bridgehead atoms. The van der Waals surface area contributed by atoms with Crippen LogP contribution in [0.5, 0.6) is 0 Å². The molecule has 0 amide bonds. The van der Waals surface area contributed by atoms with Crippen molar-refractivity contribution in [3.8, 4) is 0 Å². The fourth-order valence-electron chi connectivity index (χ4n) is 13.5. The molecule has 0 aromatic rings. The molecule has 16 nitrogen and oxygen atoms in total. The minimum absolute atomic E-state index is 0.0158. The van der Waals surface area contributed by atoms with Crippen LogP contribution in [-0.4, -0.2) is 134 Å². The summed E-state index contributed by atoms with van der Waals surface area (Å²) in [6.45, 7) is 14.9. The third-order valence-corrected chi connectivity index (χ3v) is 17.4. The van der Waals surface area contributed by atoms with Crippen molar-refractivity contribution in [2.24, 2.45) is 50.2 Å². The maximum absolute atomic E-state index is 14.9. The Morgan fingerprint density at radius 2 is 1.36 bits per heavy atom. The van der Waals surface area contributed by atoms with Crippen molar-refractivity contribution in [1.82, 2.24) is 0 Å². The zero-order chi connectivity index (χ0) is 43.6. The van der Waals surface area contributed by atoms with Gasteiger partial charge in [-0.3, -0.25) is 9.59 Å². The molecule has 6 fully saturated rings. The Morgan fingerprint density at radius 3 is 1.98 bits per heavy atom. The van der Waals surface area contributed by atoms with E-state index in [9.17, 15) is 54.9 Å². The highest BCUT2D eigenvalue weighted by Crippen LogP contribution is 2.75. The summed E-state index contributed by atoms with van der Waals surface area (Å²) in [5.41, 5.74) is -1.75. The van der Waals surface area contributed by atoms with Gasteiger partial charge in [-0.15, -0.1) is 0 Å². The van der Waals surface area contributed by atoms with Gasteiger partial charge in [0.2, 0.25) is 0 Å². The molecule has 332 valence electrons. The van der Waals surface area contributed by atoms with Gasteiger partial charge in [0.15, 0.2) is 30.6 Å². The number of aliphatic carboxylic acids is 2. The predicted octanol–water partition coefficient (Wildman–Crippen LogP) is 2.33. The second-order valence-corrected chi connectivity index (χ2v) is 20.8. The predicted molar refractivity (Wildman–Crippen MR) is 204 cm³/mol. The number of ether oxygens (including phenoxy) is 5. The number of carboxylic acid groups (broad SMARTS) is 2. The first-order chi connectivity index (χ1) is 27.3. The number of rotatable bonds is 7. The van der Waals surface area contributed by atoms with Crippen molar-refractivity contribution in [3.05, 3.63) is 11.6 Å². The number of methoxy groups -OCH3 is 1. The first kappa shape index (κ1) is 44.5. The molecule has 7 aliphatic rings. The number of allylic oxidation sites excluding steroid dienone is 2. The van der Waals surface area contributed by atoms with Crippen molar-refractivity contribution in [2.45, 2.75) is 174 Å². The van der Waals surface area contributed by atoms with Crippen LogP contribution in [0.15, 0.2) is 11.6 Å². The molecular formula is C43H64O16. The standard InChI is InChI=1S/C43H64O16/c1-38(2)22-9-12-43(7)32(21(44)17-19-20-18-40(4,37(53)54)14-13-39(20,3)15-16-42(19,43)6)41(22,5)11-10-23(38)56-36-31(27(48)26(47)29(57-36)33(50)51)59-35-28(49)24(45)25(46)30(58-35)34(52)55-8/h17,20,22-32,35-36,45-49H,9-16,18H2,1-8H3,(H,50,51)(H,53,54)/t20-,22-,23-,24-,25-,26-,27-,28+,29-,30-,31+,32+,35-,36+,39+,40-,41-,42+,43+/m0/s1. The average Bonchev–Trinajstić information content (AvgIpc) is 3.16. The summed E-state index contributed by atoms with van der Waals surface area (Å²) >= 11 is 0. The van der Waals surface area contributed by atoms with Gasteiger partial charge < -0.3 is 59.4 Å². The highest BCUT2D eigenvalue weighted by molar-refractivity contribution is 5.95. The van der Waals surface area contributed by atoms with Crippen LogP contribution in [0.3, 0.4) is 0 Å².